The van der Waals surface area contributed by atoms with Crippen LogP contribution < -0.4 is 0 Å². The van der Waals surface area contributed by atoms with Gasteiger partial charge in [0.25, 0.3) is 0 Å². The summed E-state index contributed by atoms with van der Waals surface area (Å²) < 4.78 is 4.74. The van der Waals surface area contributed by atoms with Crippen LogP contribution in [0.1, 0.15) is 45.1 Å². The van der Waals surface area contributed by atoms with E-state index in [1.807, 2.05) is 44.2 Å². The summed E-state index contributed by atoms with van der Waals surface area (Å²) in [6, 6.07) is 9.68. The van der Waals surface area contributed by atoms with E-state index in [2.05, 4.69) is 0 Å². The molecule has 1 aromatic rings. The Kier molecular flexibility index (Phi) is 6.03. The summed E-state index contributed by atoms with van der Waals surface area (Å²) in [5.41, 5.74) is 0.175. The van der Waals surface area contributed by atoms with Crippen LogP contribution in [0.3, 0.4) is 0 Å². The Bertz CT molecular complexity index is 378. The molecular weight excluding hydrogens is 240 g/mol. The van der Waals surface area contributed by atoms with Crippen molar-refractivity contribution in [3.8, 4) is 0 Å². The first-order chi connectivity index (χ1) is 9.15. The molecule has 106 valence electrons. The quantitative estimate of drug-likeness (QED) is 0.834. The Labute approximate surface area is 115 Å². The molecule has 19 heavy (non-hydrogen) atoms. The van der Waals surface area contributed by atoms with Gasteiger partial charge >= 0.3 is 5.97 Å². The predicted octanol–water partition coefficient (Wildman–Crippen LogP) is 3.26. The third kappa shape index (κ3) is 3.80. The second-order valence-corrected chi connectivity index (χ2v) is 4.70. The van der Waals surface area contributed by atoms with E-state index in [1.165, 1.54) is 7.11 Å². The number of hydrogen-bond acceptors (Lipinski definition) is 3. The fraction of sp³-hybridized carbons (Fsp3) is 0.562. The summed E-state index contributed by atoms with van der Waals surface area (Å²) in [4.78, 5) is 11.4. The molecule has 0 atom stereocenters. The maximum atomic E-state index is 11.4. The molecule has 0 heterocycles. The number of carbonyl (C=O) groups is 1. The lowest BCUT2D eigenvalue weighted by Crippen LogP contribution is -2.34. The summed E-state index contributed by atoms with van der Waals surface area (Å²) in [6.45, 7) is 4.00. The lowest BCUT2D eigenvalue weighted by molar-refractivity contribution is -0.148. The number of esters is 1. The minimum Gasteiger partial charge on any atom is -0.469 e. The fourth-order valence-electron chi connectivity index (χ4n) is 2.53. The summed E-state index contributed by atoms with van der Waals surface area (Å²) in [5.74, 6) is -0.205. The maximum Gasteiger partial charge on any atom is 0.308 e. The lowest BCUT2D eigenvalue weighted by atomic mass is 9.75. The van der Waals surface area contributed by atoms with Gasteiger partial charge in [0, 0.05) is 0 Å². The van der Waals surface area contributed by atoms with Gasteiger partial charge in [-0.15, -0.1) is 0 Å². The minimum atomic E-state index is -0.772. The summed E-state index contributed by atoms with van der Waals surface area (Å²) in [7, 11) is 1.42. The number of rotatable bonds is 2. The van der Waals surface area contributed by atoms with E-state index in [-0.39, 0.29) is 11.9 Å². The van der Waals surface area contributed by atoms with Crippen LogP contribution >= 0.6 is 0 Å². The average Bonchev–Trinajstić information content (AvgIpc) is 2.50. The molecule has 0 unspecified atom stereocenters. The standard InChI is InChI=1S/C14H18O3.C2H6/c1-17-13(15)11-7-9-14(16,10-8-11)12-5-3-2-4-6-12;1-2/h2-6,11,16H,7-10H2,1H3;1-2H3. The van der Waals surface area contributed by atoms with Gasteiger partial charge in [0.05, 0.1) is 18.6 Å². The van der Waals surface area contributed by atoms with Crippen LogP contribution in [0.4, 0.5) is 0 Å². The number of carbonyl (C=O) groups excluding carboxylic acids is 1. The number of aliphatic hydroxyl groups is 1. The Morgan fingerprint density at radius 2 is 1.74 bits per heavy atom. The monoisotopic (exact) mass is 264 g/mol. The molecule has 0 aromatic heterocycles. The summed E-state index contributed by atoms with van der Waals surface area (Å²) in [6.07, 6.45) is 2.63. The van der Waals surface area contributed by atoms with E-state index in [9.17, 15) is 9.90 Å². The SMILES string of the molecule is CC.COC(=O)C1CCC(O)(c2ccccc2)CC1. The minimum absolute atomic E-state index is 0.0519. The van der Waals surface area contributed by atoms with Gasteiger partial charge in [0.1, 0.15) is 0 Å². The van der Waals surface area contributed by atoms with Crippen molar-refractivity contribution >= 4 is 5.97 Å². The van der Waals surface area contributed by atoms with E-state index in [4.69, 9.17) is 4.74 Å². The largest absolute Gasteiger partial charge is 0.469 e. The molecule has 1 aromatic carbocycles. The molecule has 0 aliphatic heterocycles. The topological polar surface area (TPSA) is 46.5 Å². The fourth-order valence-corrected chi connectivity index (χ4v) is 2.53. The van der Waals surface area contributed by atoms with Crippen molar-refractivity contribution in [3.63, 3.8) is 0 Å². The van der Waals surface area contributed by atoms with Gasteiger partial charge in [-0.25, -0.2) is 0 Å². The van der Waals surface area contributed by atoms with Gasteiger partial charge in [-0.1, -0.05) is 44.2 Å². The second-order valence-electron chi connectivity index (χ2n) is 4.70. The molecule has 1 N–H and O–H groups in total. The molecule has 3 heteroatoms. The normalized spacial score (nSPS) is 26.0. The number of hydrogen-bond donors (Lipinski definition) is 1. The van der Waals surface area contributed by atoms with Crippen LogP contribution in [0.15, 0.2) is 30.3 Å². The zero-order chi connectivity index (χ0) is 14.3. The molecular formula is C16H24O3. The van der Waals surface area contributed by atoms with Gasteiger partial charge in [-0.05, 0) is 31.2 Å². The van der Waals surface area contributed by atoms with Crippen LogP contribution in [0.2, 0.25) is 0 Å². The van der Waals surface area contributed by atoms with Crippen molar-refractivity contribution in [3.05, 3.63) is 35.9 Å². The van der Waals surface area contributed by atoms with E-state index in [0.29, 0.717) is 25.7 Å². The number of methoxy groups -OCH3 is 1. The zero-order valence-electron chi connectivity index (χ0n) is 12.1. The molecule has 0 spiro atoms. The van der Waals surface area contributed by atoms with Crippen molar-refractivity contribution in [2.45, 2.75) is 45.1 Å². The van der Waals surface area contributed by atoms with Crippen LogP contribution in [-0.2, 0) is 15.1 Å². The van der Waals surface area contributed by atoms with Gasteiger partial charge in [0.2, 0.25) is 0 Å². The van der Waals surface area contributed by atoms with Crippen LogP contribution in [0.5, 0.6) is 0 Å². The Morgan fingerprint density at radius 3 is 2.21 bits per heavy atom. The first-order valence-electron chi connectivity index (χ1n) is 7.01. The second kappa shape index (κ2) is 7.29. The highest BCUT2D eigenvalue weighted by atomic mass is 16.5. The molecule has 0 radical (unpaired) electrons. The van der Waals surface area contributed by atoms with Crippen molar-refractivity contribution in [2.75, 3.05) is 7.11 Å². The average molecular weight is 264 g/mol. The van der Waals surface area contributed by atoms with Crippen molar-refractivity contribution in [2.24, 2.45) is 5.92 Å². The molecule has 1 aliphatic carbocycles. The lowest BCUT2D eigenvalue weighted by Gasteiger charge is -2.35. The first kappa shape index (κ1) is 15.7. The molecule has 1 aliphatic rings. The Hall–Kier alpha value is -1.35. The first-order valence-corrected chi connectivity index (χ1v) is 7.01. The number of ether oxygens (including phenoxy) is 1. The van der Waals surface area contributed by atoms with E-state index < -0.39 is 5.60 Å². The van der Waals surface area contributed by atoms with Crippen LogP contribution in [-0.4, -0.2) is 18.2 Å². The molecule has 1 fully saturated rings. The highest BCUT2D eigenvalue weighted by Crippen LogP contribution is 2.39. The smallest absolute Gasteiger partial charge is 0.308 e. The molecule has 0 saturated heterocycles. The van der Waals surface area contributed by atoms with Crippen molar-refractivity contribution < 1.29 is 14.6 Å². The Morgan fingerprint density at radius 1 is 1.21 bits per heavy atom. The van der Waals surface area contributed by atoms with Gasteiger partial charge in [-0.3, -0.25) is 4.79 Å². The molecule has 2 rings (SSSR count). The van der Waals surface area contributed by atoms with E-state index in [1.54, 1.807) is 0 Å². The molecule has 3 nitrogen and oxygen atoms in total. The summed E-state index contributed by atoms with van der Waals surface area (Å²) >= 11 is 0. The number of benzene rings is 1. The predicted molar refractivity (Wildman–Crippen MR) is 75.7 cm³/mol. The third-order valence-electron chi connectivity index (χ3n) is 3.66. The summed E-state index contributed by atoms with van der Waals surface area (Å²) in [5, 5.41) is 10.6. The van der Waals surface area contributed by atoms with Gasteiger partial charge in [0.15, 0.2) is 0 Å². The van der Waals surface area contributed by atoms with Gasteiger partial charge < -0.3 is 9.84 Å². The maximum absolute atomic E-state index is 11.4. The Balaban J connectivity index is 0.000000861. The van der Waals surface area contributed by atoms with Crippen molar-refractivity contribution in [1.82, 2.24) is 0 Å². The molecule has 1 saturated carbocycles. The molecule has 0 bridgehead atoms. The van der Waals surface area contributed by atoms with Crippen molar-refractivity contribution in [1.29, 1.82) is 0 Å². The third-order valence-corrected chi connectivity index (χ3v) is 3.66. The highest BCUT2D eigenvalue weighted by Gasteiger charge is 2.37. The highest BCUT2D eigenvalue weighted by molar-refractivity contribution is 5.72. The van der Waals surface area contributed by atoms with Crippen LogP contribution in [0, 0.1) is 5.92 Å². The van der Waals surface area contributed by atoms with E-state index in [0.717, 1.165) is 5.56 Å². The zero-order valence-corrected chi connectivity index (χ0v) is 12.1. The van der Waals surface area contributed by atoms with E-state index >= 15 is 0 Å². The van der Waals surface area contributed by atoms with Crippen LogP contribution in [0.25, 0.3) is 0 Å². The van der Waals surface area contributed by atoms with Gasteiger partial charge in [-0.2, -0.15) is 0 Å². The molecule has 0 amide bonds.